The Labute approximate surface area is 102 Å². The minimum atomic E-state index is -0.761. The summed E-state index contributed by atoms with van der Waals surface area (Å²) in [6, 6.07) is 6.61. The number of furan rings is 2. The number of carbonyl (C=O) groups excluding carboxylic acids is 1. The molecule has 0 saturated carbocycles. The van der Waals surface area contributed by atoms with E-state index in [1.54, 1.807) is 24.3 Å². The van der Waals surface area contributed by atoms with E-state index in [0.717, 1.165) is 0 Å². The van der Waals surface area contributed by atoms with Crippen molar-refractivity contribution >= 4 is 5.97 Å². The van der Waals surface area contributed by atoms with E-state index in [-0.39, 0.29) is 28.4 Å². The van der Waals surface area contributed by atoms with E-state index in [2.05, 4.69) is 4.74 Å². The molecule has 0 atom stereocenters. The Bertz CT molecular complexity index is 668. The smallest absolute Gasteiger partial charge is 0.343 e. The molecular formula is C12H6N2O4. The summed E-state index contributed by atoms with van der Waals surface area (Å²) in [5.41, 5.74) is -0.262. The third-order valence-corrected chi connectivity index (χ3v) is 2.26. The minimum Gasteiger partial charge on any atom is -0.465 e. The highest BCUT2D eigenvalue weighted by molar-refractivity contribution is 5.98. The summed E-state index contributed by atoms with van der Waals surface area (Å²) < 4.78 is 14.8. The summed E-state index contributed by atoms with van der Waals surface area (Å²) in [5.74, 6) is -0.749. The third kappa shape index (κ3) is 1.62. The lowest BCUT2D eigenvalue weighted by atomic mass is 10.1. The van der Waals surface area contributed by atoms with Crippen LogP contribution < -0.4 is 0 Å². The summed E-state index contributed by atoms with van der Waals surface area (Å²) in [7, 11) is 1.18. The number of carbonyl (C=O) groups is 1. The molecule has 0 saturated heterocycles. The number of rotatable bonds is 2. The van der Waals surface area contributed by atoms with Gasteiger partial charge in [-0.05, 0) is 12.1 Å². The van der Waals surface area contributed by atoms with Gasteiger partial charge in [-0.25, -0.2) is 4.79 Å². The zero-order valence-electron chi connectivity index (χ0n) is 9.26. The summed E-state index contributed by atoms with van der Waals surface area (Å²) in [4.78, 5) is 11.7. The van der Waals surface area contributed by atoms with Crippen LogP contribution >= 0.6 is 0 Å². The monoisotopic (exact) mass is 242 g/mol. The molecule has 0 radical (unpaired) electrons. The fraction of sp³-hybridized carbons (Fsp3) is 0.0833. The van der Waals surface area contributed by atoms with E-state index in [4.69, 9.17) is 19.4 Å². The molecule has 0 aliphatic rings. The fourth-order valence-electron chi connectivity index (χ4n) is 1.49. The van der Waals surface area contributed by atoms with E-state index in [1.165, 1.54) is 13.4 Å². The Balaban J connectivity index is 2.75. The van der Waals surface area contributed by atoms with Crippen LogP contribution in [0.25, 0.3) is 11.5 Å². The van der Waals surface area contributed by atoms with Gasteiger partial charge in [0.15, 0.2) is 11.5 Å². The zero-order chi connectivity index (χ0) is 13.1. The van der Waals surface area contributed by atoms with Gasteiger partial charge < -0.3 is 13.6 Å². The molecule has 0 aliphatic carbocycles. The lowest BCUT2D eigenvalue weighted by Gasteiger charge is -1.97. The highest BCUT2D eigenvalue weighted by Crippen LogP contribution is 2.31. The third-order valence-electron chi connectivity index (χ3n) is 2.26. The molecule has 0 bridgehead atoms. The predicted molar refractivity (Wildman–Crippen MR) is 57.2 cm³/mol. The molecule has 6 nitrogen and oxygen atoms in total. The normalized spacial score (nSPS) is 9.50. The Morgan fingerprint density at radius 2 is 2.17 bits per heavy atom. The second-order valence-corrected chi connectivity index (χ2v) is 3.20. The van der Waals surface area contributed by atoms with Crippen LogP contribution in [0.3, 0.4) is 0 Å². The van der Waals surface area contributed by atoms with E-state index < -0.39 is 5.97 Å². The molecule has 0 amide bonds. The van der Waals surface area contributed by atoms with Crippen molar-refractivity contribution in [1.82, 2.24) is 0 Å². The molecule has 0 N–H and O–H groups in total. The van der Waals surface area contributed by atoms with Gasteiger partial charge in [0.1, 0.15) is 23.3 Å². The number of hydrogen-bond acceptors (Lipinski definition) is 6. The van der Waals surface area contributed by atoms with Gasteiger partial charge in [-0.2, -0.15) is 10.5 Å². The molecule has 0 spiro atoms. The average molecular weight is 242 g/mol. The molecule has 2 rings (SSSR count). The molecule has 18 heavy (non-hydrogen) atoms. The van der Waals surface area contributed by atoms with Crippen molar-refractivity contribution in [3.63, 3.8) is 0 Å². The Morgan fingerprint density at radius 1 is 1.39 bits per heavy atom. The van der Waals surface area contributed by atoms with E-state index in [0.29, 0.717) is 0 Å². The predicted octanol–water partition coefficient (Wildman–Crippen LogP) is 2.07. The molecule has 0 unspecified atom stereocenters. The van der Waals surface area contributed by atoms with Gasteiger partial charge in [-0.3, -0.25) is 0 Å². The Morgan fingerprint density at radius 3 is 2.67 bits per heavy atom. The quantitative estimate of drug-likeness (QED) is 0.747. The average Bonchev–Trinajstić information content (AvgIpc) is 3.03. The van der Waals surface area contributed by atoms with Crippen LogP contribution in [0.2, 0.25) is 0 Å². The lowest BCUT2D eigenvalue weighted by molar-refractivity contribution is 0.0600. The first-order chi connectivity index (χ1) is 8.72. The fourth-order valence-corrected chi connectivity index (χ4v) is 1.49. The SMILES string of the molecule is COC(=O)c1c(-c2ccco2)oc(C#N)c1C#N. The highest BCUT2D eigenvalue weighted by atomic mass is 16.5. The molecule has 2 heterocycles. The summed E-state index contributed by atoms with van der Waals surface area (Å²) in [6.45, 7) is 0. The molecule has 0 fully saturated rings. The van der Waals surface area contributed by atoms with Crippen molar-refractivity contribution in [3.05, 3.63) is 35.3 Å². The zero-order valence-corrected chi connectivity index (χ0v) is 9.26. The Hall–Kier alpha value is -2.99. The van der Waals surface area contributed by atoms with Crippen molar-refractivity contribution in [3.8, 4) is 23.7 Å². The summed E-state index contributed by atoms with van der Waals surface area (Å²) >= 11 is 0. The van der Waals surface area contributed by atoms with Gasteiger partial charge >= 0.3 is 5.97 Å². The van der Waals surface area contributed by atoms with Gasteiger partial charge in [0.05, 0.1) is 13.4 Å². The summed E-state index contributed by atoms with van der Waals surface area (Å²) in [6.07, 6.45) is 1.39. The van der Waals surface area contributed by atoms with Gasteiger partial charge in [-0.15, -0.1) is 0 Å². The van der Waals surface area contributed by atoms with Gasteiger partial charge in [0.25, 0.3) is 0 Å². The van der Waals surface area contributed by atoms with Crippen LogP contribution in [0, 0.1) is 22.7 Å². The number of hydrogen-bond donors (Lipinski definition) is 0. The molecule has 0 aromatic carbocycles. The summed E-state index contributed by atoms with van der Waals surface area (Å²) in [5, 5.41) is 17.8. The van der Waals surface area contributed by atoms with Crippen molar-refractivity contribution in [2.24, 2.45) is 0 Å². The molecule has 88 valence electrons. The Kier molecular flexibility index (Phi) is 2.86. The molecule has 2 aromatic rings. The number of nitrogens with zero attached hydrogens (tertiary/aromatic N) is 2. The largest absolute Gasteiger partial charge is 0.465 e. The van der Waals surface area contributed by atoms with Crippen molar-refractivity contribution in [2.75, 3.05) is 7.11 Å². The minimum absolute atomic E-state index is 0.0138. The second-order valence-electron chi connectivity index (χ2n) is 3.20. The topological polar surface area (TPSA) is 100 Å². The molecule has 2 aromatic heterocycles. The van der Waals surface area contributed by atoms with Crippen molar-refractivity contribution in [1.29, 1.82) is 10.5 Å². The van der Waals surface area contributed by atoms with Crippen LogP contribution in [0.5, 0.6) is 0 Å². The molecular weight excluding hydrogens is 236 g/mol. The number of nitriles is 2. The first kappa shape index (κ1) is 11.5. The first-order valence-electron chi connectivity index (χ1n) is 4.82. The highest BCUT2D eigenvalue weighted by Gasteiger charge is 2.28. The maximum atomic E-state index is 11.7. The van der Waals surface area contributed by atoms with Crippen LogP contribution in [0.1, 0.15) is 21.7 Å². The van der Waals surface area contributed by atoms with E-state index >= 15 is 0 Å². The second kappa shape index (κ2) is 4.48. The van der Waals surface area contributed by atoms with Gasteiger partial charge in [0.2, 0.25) is 5.76 Å². The number of esters is 1. The van der Waals surface area contributed by atoms with Crippen LogP contribution in [0.4, 0.5) is 0 Å². The van der Waals surface area contributed by atoms with Crippen LogP contribution in [0.15, 0.2) is 27.2 Å². The van der Waals surface area contributed by atoms with E-state index in [1.807, 2.05) is 0 Å². The van der Waals surface area contributed by atoms with E-state index in [9.17, 15) is 4.79 Å². The lowest BCUT2D eigenvalue weighted by Crippen LogP contribution is -2.03. The maximum Gasteiger partial charge on any atom is 0.343 e. The standard InChI is InChI=1S/C12H6N2O4/c1-16-12(15)10-7(5-13)9(6-14)18-11(10)8-3-2-4-17-8/h2-4H,1H3. The van der Waals surface area contributed by atoms with Crippen molar-refractivity contribution in [2.45, 2.75) is 0 Å². The van der Waals surface area contributed by atoms with Gasteiger partial charge in [-0.1, -0.05) is 0 Å². The molecule has 0 aliphatic heterocycles. The van der Waals surface area contributed by atoms with Crippen LogP contribution in [-0.4, -0.2) is 13.1 Å². The number of ether oxygens (including phenoxy) is 1. The maximum absolute atomic E-state index is 11.7. The molecule has 6 heteroatoms. The van der Waals surface area contributed by atoms with Gasteiger partial charge in [0, 0.05) is 0 Å². The van der Waals surface area contributed by atoms with Crippen molar-refractivity contribution < 1.29 is 18.4 Å². The first-order valence-corrected chi connectivity index (χ1v) is 4.82. The number of methoxy groups -OCH3 is 1. The van der Waals surface area contributed by atoms with Crippen LogP contribution in [-0.2, 0) is 4.74 Å².